The number of allylic oxidation sites excluding steroid dienone is 1. The molecule has 0 amide bonds. The fourth-order valence-corrected chi connectivity index (χ4v) is 1.52. The Hall–Kier alpha value is -1.89. The summed E-state index contributed by atoms with van der Waals surface area (Å²) in [6, 6.07) is 14.2. The maximum Gasteiger partial charge on any atom is 0.0560 e. The fraction of sp³-hybridized carbons (Fsp3) is 0. The van der Waals surface area contributed by atoms with Crippen LogP contribution in [0.1, 0.15) is 5.69 Å². The van der Waals surface area contributed by atoms with Crippen molar-refractivity contribution in [2.75, 3.05) is 0 Å². The van der Waals surface area contributed by atoms with E-state index in [1.807, 2.05) is 30.7 Å². The minimum atomic E-state index is 0.957. The number of nitrogens with zero attached hydrogens (tertiary/aromatic N) is 1. The molecular formula is C14H12N. The van der Waals surface area contributed by atoms with Crippen LogP contribution in [-0.4, -0.2) is 4.98 Å². The quantitative estimate of drug-likeness (QED) is 0.728. The van der Waals surface area contributed by atoms with Crippen molar-refractivity contribution in [3.8, 4) is 11.1 Å². The van der Waals surface area contributed by atoms with Crippen LogP contribution in [0.15, 0.2) is 61.3 Å². The van der Waals surface area contributed by atoms with Crippen LogP contribution in [0.25, 0.3) is 11.1 Å². The second-order valence-corrected chi connectivity index (χ2v) is 3.20. The Balaban J connectivity index is 2.48. The zero-order valence-electron chi connectivity index (χ0n) is 8.43. The molecular weight excluding hydrogens is 182 g/mol. The molecule has 0 saturated heterocycles. The molecule has 0 aliphatic heterocycles. The van der Waals surface area contributed by atoms with Crippen molar-refractivity contribution in [3.63, 3.8) is 0 Å². The monoisotopic (exact) mass is 194 g/mol. The van der Waals surface area contributed by atoms with Gasteiger partial charge >= 0.3 is 0 Å². The highest BCUT2D eigenvalue weighted by Crippen LogP contribution is 2.22. The molecule has 0 aliphatic carbocycles. The molecule has 1 radical (unpaired) electrons. The van der Waals surface area contributed by atoms with Crippen LogP contribution < -0.4 is 0 Å². The van der Waals surface area contributed by atoms with E-state index >= 15 is 0 Å². The van der Waals surface area contributed by atoms with E-state index in [0.29, 0.717) is 0 Å². The summed E-state index contributed by atoms with van der Waals surface area (Å²) in [5.41, 5.74) is 3.27. The van der Waals surface area contributed by atoms with Gasteiger partial charge in [-0.25, -0.2) is 0 Å². The van der Waals surface area contributed by atoms with Gasteiger partial charge < -0.3 is 0 Å². The van der Waals surface area contributed by atoms with Gasteiger partial charge in [-0.15, -0.1) is 6.58 Å². The molecule has 2 rings (SSSR count). The Bertz CT molecular complexity index is 446. The third-order valence-corrected chi connectivity index (χ3v) is 2.20. The number of rotatable bonds is 3. The lowest BCUT2D eigenvalue weighted by Gasteiger charge is -2.05. The van der Waals surface area contributed by atoms with Crippen LogP contribution in [0.5, 0.6) is 0 Å². The third kappa shape index (κ3) is 2.13. The van der Waals surface area contributed by atoms with Gasteiger partial charge in [0, 0.05) is 18.2 Å². The minimum Gasteiger partial charge on any atom is -0.260 e. The van der Waals surface area contributed by atoms with Crippen molar-refractivity contribution in [1.29, 1.82) is 0 Å². The highest BCUT2D eigenvalue weighted by atomic mass is 14.7. The van der Waals surface area contributed by atoms with E-state index in [9.17, 15) is 0 Å². The first kappa shape index (κ1) is 9.66. The molecule has 0 spiro atoms. The summed E-state index contributed by atoms with van der Waals surface area (Å²) < 4.78 is 0. The molecule has 0 atom stereocenters. The van der Waals surface area contributed by atoms with Crippen molar-refractivity contribution < 1.29 is 0 Å². The average molecular weight is 194 g/mol. The van der Waals surface area contributed by atoms with E-state index in [1.54, 1.807) is 12.3 Å². The predicted molar refractivity (Wildman–Crippen MR) is 63.3 cm³/mol. The lowest BCUT2D eigenvalue weighted by Crippen LogP contribution is -1.89. The van der Waals surface area contributed by atoms with Gasteiger partial charge in [0.15, 0.2) is 0 Å². The van der Waals surface area contributed by atoms with Crippen LogP contribution >= 0.6 is 0 Å². The van der Waals surface area contributed by atoms with E-state index in [0.717, 1.165) is 11.3 Å². The van der Waals surface area contributed by atoms with E-state index in [4.69, 9.17) is 0 Å². The van der Waals surface area contributed by atoms with Crippen LogP contribution in [0.3, 0.4) is 0 Å². The highest BCUT2D eigenvalue weighted by Gasteiger charge is 2.03. The highest BCUT2D eigenvalue weighted by molar-refractivity contribution is 5.67. The molecule has 0 bridgehead atoms. The second-order valence-electron chi connectivity index (χ2n) is 3.20. The molecule has 0 saturated carbocycles. The van der Waals surface area contributed by atoms with Gasteiger partial charge in [0.1, 0.15) is 0 Å². The van der Waals surface area contributed by atoms with Crippen molar-refractivity contribution >= 4 is 0 Å². The molecule has 2 aromatic rings. The summed E-state index contributed by atoms with van der Waals surface area (Å²) >= 11 is 0. The molecule has 0 aliphatic rings. The van der Waals surface area contributed by atoms with E-state index < -0.39 is 0 Å². The first-order valence-corrected chi connectivity index (χ1v) is 4.88. The first-order chi connectivity index (χ1) is 7.42. The van der Waals surface area contributed by atoms with Crippen molar-refractivity contribution in [2.24, 2.45) is 0 Å². The molecule has 1 aromatic heterocycles. The van der Waals surface area contributed by atoms with Crippen LogP contribution in [0.4, 0.5) is 0 Å². The summed E-state index contributed by atoms with van der Waals surface area (Å²) in [6.45, 7) is 3.70. The summed E-state index contributed by atoms with van der Waals surface area (Å²) in [6.07, 6.45) is 5.47. The predicted octanol–water partition coefficient (Wildman–Crippen LogP) is 3.49. The molecule has 0 fully saturated rings. The third-order valence-electron chi connectivity index (χ3n) is 2.20. The van der Waals surface area contributed by atoms with Crippen molar-refractivity contribution in [1.82, 2.24) is 4.98 Å². The van der Waals surface area contributed by atoms with Crippen LogP contribution in [-0.2, 0) is 0 Å². The first-order valence-electron chi connectivity index (χ1n) is 4.88. The lowest BCUT2D eigenvalue weighted by atomic mass is 10.0. The van der Waals surface area contributed by atoms with Gasteiger partial charge in [-0.05, 0) is 11.6 Å². The molecule has 1 heteroatoms. The van der Waals surface area contributed by atoms with E-state index in [-0.39, 0.29) is 0 Å². The Morgan fingerprint density at radius 1 is 1.00 bits per heavy atom. The SMILES string of the molecule is C=C[CH]c1ncccc1-c1ccccc1. The second kappa shape index (κ2) is 4.56. The Morgan fingerprint density at radius 3 is 2.53 bits per heavy atom. The molecule has 1 aromatic carbocycles. The Kier molecular flexibility index (Phi) is 2.93. The number of hydrogen-bond donors (Lipinski definition) is 0. The maximum absolute atomic E-state index is 4.32. The minimum absolute atomic E-state index is 0.957. The van der Waals surface area contributed by atoms with Crippen LogP contribution in [0, 0.1) is 6.42 Å². The van der Waals surface area contributed by atoms with Gasteiger partial charge in [-0.1, -0.05) is 42.5 Å². The Labute approximate surface area is 90.1 Å². The largest absolute Gasteiger partial charge is 0.260 e. The molecule has 1 nitrogen and oxygen atoms in total. The maximum atomic E-state index is 4.32. The Morgan fingerprint density at radius 2 is 1.80 bits per heavy atom. The normalized spacial score (nSPS) is 9.87. The standard InChI is InChI=1S/C14H12N/c1-2-7-14-13(10-6-11-15-14)12-8-4-3-5-9-12/h2-11H,1H2. The van der Waals surface area contributed by atoms with Crippen LogP contribution in [0.2, 0.25) is 0 Å². The zero-order chi connectivity index (χ0) is 10.5. The van der Waals surface area contributed by atoms with Gasteiger partial charge in [0.2, 0.25) is 0 Å². The smallest absolute Gasteiger partial charge is 0.0560 e. The van der Waals surface area contributed by atoms with Gasteiger partial charge in [-0.3, -0.25) is 4.98 Å². The number of pyridine rings is 1. The summed E-state index contributed by atoms with van der Waals surface area (Å²) in [5, 5.41) is 0. The van der Waals surface area contributed by atoms with Crippen molar-refractivity contribution in [2.45, 2.75) is 0 Å². The van der Waals surface area contributed by atoms with Gasteiger partial charge in [-0.2, -0.15) is 0 Å². The molecule has 1 heterocycles. The van der Waals surface area contributed by atoms with Gasteiger partial charge in [0.05, 0.1) is 5.69 Å². The molecule has 0 unspecified atom stereocenters. The number of hydrogen-bond acceptors (Lipinski definition) is 1. The molecule has 15 heavy (non-hydrogen) atoms. The topological polar surface area (TPSA) is 12.9 Å². The summed E-state index contributed by atoms with van der Waals surface area (Å²) in [4.78, 5) is 4.32. The lowest BCUT2D eigenvalue weighted by molar-refractivity contribution is 1.24. The van der Waals surface area contributed by atoms with E-state index in [2.05, 4.69) is 29.8 Å². The molecule has 73 valence electrons. The molecule has 0 N–H and O–H groups in total. The van der Waals surface area contributed by atoms with E-state index in [1.165, 1.54) is 5.56 Å². The van der Waals surface area contributed by atoms with Crippen molar-refractivity contribution in [3.05, 3.63) is 73.4 Å². The average Bonchev–Trinajstić information content (AvgIpc) is 2.31. The zero-order valence-corrected chi connectivity index (χ0v) is 8.43. The fourth-order valence-electron chi connectivity index (χ4n) is 1.52. The number of aromatic nitrogens is 1. The van der Waals surface area contributed by atoms with Gasteiger partial charge in [0.25, 0.3) is 0 Å². The summed E-state index contributed by atoms with van der Waals surface area (Å²) in [7, 11) is 0. The summed E-state index contributed by atoms with van der Waals surface area (Å²) in [5.74, 6) is 0. The number of benzene rings is 1.